The minimum atomic E-state index is -4.12. The summed E-state index contributed by atoms with van der Waals surface area (Å²) >= 11 is 1.24. The van der Waals surface area contributed by atoms with E-state index >= 15 is 0 Å². The van der Waals surface area contributed by atoms with Crippen LogP contribution in [0, 0.1) is 18.6 Å². The molecule has 0 aliphatic rings. The van der Waals surface area contributed by atoms with Gasteiger partial charge in [0.15, 0.2) is 16.8 Å². The van der Waals surface area contributed by atoms with E-state index in [0.717, 1.165) is 22.4 Å². The van der Waals surface area contributed by atoms with Gasteiger partial charge in [-0.2, -0.15) is 0 Å². The molecule has 4 rings (SSSR count). The molecular formula is C21H15F2N3O3S2. The Hall–Kier alpha value is -3.37. The van der Waals surface area contributed by atoms with Crippen molar-refractivity contribution < 1.29 is 22.0 Å². The summed E-state index contributed by atoms with van der Waals surface area (Å²) in [5.41, 5.74) is 2.19. The number of sulfonamides is 1. The van der Waals surface area contributed by atoms with Crippen molar-refractivity contribution in [3.63, 3.8) is 0 Å². The van der Waals surface area contributed by atoms with Gasteiger partial charge in [0, 0.05) is 5.56 Å². The molecule has 3 aromatic carbocycles. The normalized spacial score (nSPS) is 11.5. The molecule has 31 heavy (non-hydrogen) atoms. The maximum Gasteiger partial charge on any atom is 0.262 e. The summed E-state index contributed by atoms with van der Waals surface area (Å²) < 4.78 is 54.4. The molecule has 0 spiro atoms. The first-order valence-electron chi connectivity index (χ1n) is 8.98. The average molecular weight is 459 g/mol. The number of hydrogen-bond acceptors (Lipinski definition) is 5. The second kappa shape index (κ2) is 8.05. The first-order valence-corrected chi connectivity index (χ1v) is 11.3. The van der Waals surface area contributed by atoms with Gasteiger partial charge in [0.1, 0.15) is 0 Å². The third-order valence-electron chi connectivity index (χ3n) is 4.38. The fourth-order valence-electron chi connectivity index (χ4n) is 2.78. The van der Waals surface area contributed by atoms with Gasteiger partial charge in [0.2, 0.25) is 0 Å². The highest BCUT2D eigenvalue weighted by Gasteiger charge is 2.17. The van der Waals surface area contributed by atoms with Gasteiger partial charge in [-0.1, -0.05) is 29.0 Å². The van der Waals surface area contributed by atoms with Crippen LogP contribution in [0.3, 0.4) is 0 Å². The lowest BCUT2D eigenvalue weighted by atomic mass is 10.1. The number of fused-ring (bicyclic) bond motifs is 1. The molecule has 0 atom stereocenters. The molecule has 4 aromatic rings. The first-order chi connectivity index (χ1) is 14.7. The van der Waals surface area contributed by atoms with Gasteiger partial charge in [-0.25, -0.2) is 22.2 Å². The van der Waals surface area contributed by atoms with Crippen LogP contribution in [0.2, 0.25) is 0 Å². The third-order valence-corrected chi connectivity index (χ3v) is 6.71. The van der Waals surface area contributed by atoms with Crippen molar-refractivity contribution in [2.24, 2.45) is 0 Å². The van der Waals surface area contributed by atoms with Gasteiger partial charge < -0.3 is 0 Å². The van der Waals surface area contributed by atoms with E-state index in [0.29, 0.717) is 22.3 Å². The number of nitrogens with one attached hydrogen (secondary N) is 2. The fourth-order valence-corrected chi connectivity index (χ4v) is 4.68. The molecule has 0 saturated heterocycles. The molecule has 1 amide bonds. The van der Waals surface area contributed by atoms with Crippen LogP contribution in [0.15, 0.2) is 65.6 Å². The number of anilines is 2. The monoisotopic (exact) mass is 459 g/mol. The Morgan fingerprint density at radius 3 is 2.42 bits per heavy atom. The van der Waals surface area contributed by atoms with E-state index in [4.69, 9.17) is 0 Å². The van der Waals surface area contributed by atoms with Gasteiger partial charge >= 0.3 is 0 Å². The molecule has 6 nitrogen and oxygen atoms in total. The van der Waals surface area contributed by atoms with Crippen LogP contribution in [0.5, 0.6) is 0 Å². The molecule has 2 N–H and O–H groups in total. The molecule has 0 aliphatic carbocycles. The molecule has 158 valence electrons. The molecule has 0 bridgehead atoms. The third kappa shape index (κ3) is 4.54. The molecule has 1 aromatic heterocycles. The number of nitrogens with zero attached hydrogens (tertiary/aromatic N) is 1. The molecule has 0 saturated carbocycles. The first kappa shape index (κ1) is 20.9. The van der Waals surface area contributed by atoms with E-state index < -0.39 is 26.6 Å². The summed E-state index contributed by atoms with van der Waals surface area (Å²) in [6.45, 7) is 1.92. The topological polar surface area (TPSA) is 88.2 Å². The van der Waals surface area contributed by atoms with Crippen molar-refractivity contribution in [2.45, 2.75) is 11.8 Å². The van der Waals surface area contributed by atoms with E-state index in [1.165, 1.54) is 23.5 Å². The number of halogens is 2. The van der Waals surface area contributed by atoms with Gasteiger partial charge in [0.05, 0.1) is 20.8 Å². The van der Waals surface area contributed by atoms with Gasteiger partial charge in [-0.3, -0.25) is 14.8 Å². The summed E-state index contributed by atoms with van der Waals surface area (Å²) in [5.74, 6) is -2.70. The van der Waals surface area contributed by atoms with Crippen molar-refractivity contribution in [2.75, 3.05) is 10.0 Å². The summed E-state index contributed by atoms with van der Waals surface area (Å²) in [7, 11) is -4.12. The zero-order valence-electron chi connectivity index (χ0n) is 16.0. The Labute approximate surface area is 180 Å². The van der Waals surface area contributed by atoms with Crippen LogP contribution in [0.4, 0.5) is 19.6 Å². The van der Waals surface area contributed by atoms with Crippen molar-refractivity contribution in [1.82, 2.24) is 4.98 Å². The molecule has 1 heterocycles. The van der Waals surface area contributed by atoms with Crippen molar-refractivity contribution in [1.29, 1.82) is 0 Å². The predicted molar refractivity (Wildman–Crippen MR) is 116 cm³/mol. The van der Waals surface area contributed by atoms with Crippen LogP contribution in [-0.4, -0.2) is 19.3 Å². The quantitative estimate of drug-likeness (QED) is 0.443. The minimum absolute atomic E-state index is 0.193. The summed E-state index contributed by atoms with van der Waals surface area (Å²) in [6, 6.07) is 14.1. The number of aryl methyl sites for hydroxylation is 1. The van der Waals surface area contributed by atoms with Crippen LogP contribution >= 0.6 is 11.3 Å². The number of amides is 1. The average Bonchev–Trinajstić information content (AvgIpc) is 3.11. The second-order valence-corrected chi connectivity index (χ2v) is 9.42. The van der Waals surface area contributed by atoms with Crippen molar-refractivity contribution in [3.8, 4) is 0 Å². The Morgan fingerprint density at radius 1 is 0.968 bits per heavy atom. The molecule has 0 aliphatic heterocycles. The highest BCUT2D eigenvalue weighted by atomic mass is 32.2. The number of thiazole rings is 1. The van der Waals surface area contributed by atoms with E-state index in [1.54, 1.807) is 18.2 Å². The van der Waals surface area contributed by atoms with Crippen LogP contribution in [-0.2, 0) is 10.0 Å². The van der Waals surface area contributed by atoms with E-state index in [9.17, 15) is 22.0 Å². The molecule has 0 fully saturated rings. The fraction of sp³-hybridized carbons (Fsp3) is 0.0476. The second-order valence-electron chi connectivity index (χ2n) is 6.70. The number of carbonyl (C=O) groups is 1. The molecule has 0 radical (unpaired) electrons. The number of hydrogen-bond donors (Lipinski definition) is 2. The zero-order valence-corrected chi connectivity index (χ0v) is 17.7. The lowest BCUT2D eigenvalue weighted by Gasteiger charge is -2.08. The largest absolute Gasteiger partial charge is 0.298 e. The van der Waals surface area contributed by atoms with Crippen LogP contribution in [0.25, 0.3) is 10.2 Å². The zero-order chi connectivity index (χ0) is 22.2. The Kier molecular flexibility index (Phi) is 5.42. The standard InChI is InChI=1S/C21H15F2N3O3S2/c1-12-2-4-13(5-3-12)20(27)25-21-24-18-10-14(6-9-19(18)30-21)26-31(28,29)15-7-8-16(22)17(23)11-15/h2-11,26H,1H3,(H,24,25,27). The number of carbonyl (C=O) groups excluding carboxylic acids is 1. The van der Waals surface area contributed by atoms with Crippen molar-refractivity contribution in [3.05, 3.63) is 83.4 Å². The summed E-state index contributed by atoms with van der Waals surface area (Å²) in [5, 5.41) is 3.09. The van der Waals surface area contributed by atoms with Gasteiger partial charge in [-0.15, -0.1) is 0 Å². The smallest absolute Gasteiger partial charge is 0.262 e. The summed E-state index contributed by atoms with van der Waals surface area (Å²) in [6.07, 6.45) is 0. The van der Waals surface area contributed by atoms with Gasteiger partial charge in [-0.05, 0) is 55.5 Å². The lowest BCUT2D eigenvalue weighted by molar-refractivity contribution is 0.102. The van der Waals surface area contributed by atoms with Crippen LogP contribution in [0.1, 0.15) is 15.9 Å². The maximum atomic E-state index is 13.4. The molecular weight excluding hydrogens is 444 g/mol. The predicted octanol–water partition coefficient (Wildman–Crippen LogP) is 4.94. The molecule has 0 unspecified atom stereocenters. The minimum Gasteiger partial charge on any atom is -0.298 e. The molecule has 10 heteroatoms. The summed E-state index contributed by atoms with van der Waals surface area (Å²) in [4.78, 5) is 16.3. The van der Waals surface area contributed by atoms with E-state index in [1.807, 2.05) is 19.1 Å². The van der Waals surface area contributed by atoms with Crippen LogP contribution < -0.4 is 10.0 Å². The number of benzene rings is 3. The Balaban J connectivity index is 1.55. The SMILES string of the molecule is Cc1ccc(C(=O)Nc2nc3cc(NS(=O)(=O)c4ccc(F)c(F)c4)ccc3s2)cc1. The van der Waals surface area contributed by atoms with Gasteiger partial charge in [0.25, 0.3) is 15.9 Å². The maximum absolute atomic E-state index is 13.4. The lowest BCUT2D eigenvalue weighted by Crippen LogP contribution is -2.13. The van der Waals surface area contributed by atoms with E-state index in [2.05, 4.69) is 15.0 Å². The highest BCUT2D eigenvalue weighted by molar-refractivity contribution is 7.92. The number of rotatable bonds is 5. The Morgan fingerprint density at radius 2 is 1.71 bits per heavy atom. The van der Waals surface area contributed by atoms with E-state index in [-0.39, 0.29) is 11.6 Å². The Bertz CT molecular complexity index is 1400. The highest BCUT2D eigenvalue weighted by Crippen LogP contribution is 2.29. The number of aromatic nitrogens is 1. The van der Waals surface area contributed by atoms with Crippen molar-refractivity contribution >= 4 is 48.3 Å².